The van der Waals surface area contributed by atoms with E-state index in [0.717, 1.165) is 28.6 Å². The minimum Gasteiger partial charge on any atom is -0.355 e. The summed E-state index contributed by atoms with van der Waals surface area (Å²) < 4.78 is 0.254. The van der Waals surface area contributed by atoms with E-state index in [0.29, 0.717) is 5.75 Å². The molecule has 1 aromatic rings. The molecule has 0 aliphatic heterocycles. The third-order valence-electron chi connectivity index (χ3n) is 2.41. The Labute approximate surface area is 135 Å². The van der Waals surface area contributed by atoms with Gasteiger partial charge in [0.05, 0.1) is 5.75 Å². The first-order valence-corrected chi connectivity index (χ1v) is 9.12. The molecule has 0 bridgehead atoms. The Morgan fingerprint density at radius 3 is 2.65 bits per heavy atom. The molecule has 0 aliphatic rings. The zero-order valence-corrected chi connectivity index (χ0v) is 14.6. The van der Waals surface area contributed by atoms with Crippen molar-refractivity contribution in [2.45, 2.75) is 31.3 Å². The Balaban J connectivity index is 2.13. The van der Waals surface area contributed by atoms with Gasteiger partial charge in [0.25, 0.3) is 0 Å². The lowest BCUT2D eigenvalue weighted by Crippen LogP contribution is -2.28. The molecule has 1 rings (SSSR count). The molecule has 0 unspecified atom stereocenters. The van der Waals surface area contributed by atoms with Crippen LogP contribution in [0, 0.1) is 0 Å². The van der Waals surface area contributed by atoms with Gasteiger partial charge in [-0.1, -0.05) is 50.6 Å². The van der Waals surface area contributed by atoms with Gasteiger partial charge in [-0.15, -0.1) is 11.8 Å². The van der Waals surface area contributed by atoms with Crippen LogP contribution in [0.3, 0.4) is 0 Å². The normalized spacial score (nSPS) is 11.4. The summed E-state index contributed by atoms with van der Waals surface area (Å²) in [5, 5.41) is 3.71. The monoisotopic (exact) mass is 331 g/mol. The second-order valence-electron chi connectivity index (χ2n) is 5.39. The van der Waals surface area contributed by atoms with E-state index in [1.807, 2.05) is 36.0 Å². The summed E-state index contributed by atoms with van der Waals surface area (Å²) in [5.74, 6) is 2.29. The first-order chi connectivity index (χ1) is 9.38. The molecule has 0 heterocycles. The number of carbonyl (C=O) groups is 1. The number of hydrogen-bond donors (Lipinski definition) is 1. The van der Waals surface area contributed by atoms with Crippen LogP contribution in [0.25, 0.3) is 0 Å². The van der Waals surface area contributed by atoms with Crippen molar-refractivity contribution in [2.24, 2.45) is 0 Å². The maximum atomic E-state index is 11.7. The molecule has 0 saturated carbocycles. The Morgan fingerprint density at radius 2 is 2.00 bits per heavy atom. The molecule has 1 amide bonds. The lowest BCUT2D eigenvalue weighted by molar-refractivity contribution is -0.118. The zero-order valence-electron chi connectivity index (χ0n) is 12.2. The van der Waals surface area contributed by atoms with Crippen molar-refractivity contribution < 1.29 is 4.79 Å². The highest BCUT2D eigenvalue weighted by atomic mass is 35.5. The second kappa shape index (κ2) is 8.85. The van der Waals surface area contributed by atoms with Crippen LogP contribution in [0.4, 0.5) is 0 Å². The van der Waals surface area contributed by atoms with Crippen LogP contribution in [-0.4, -0.2) is 28.7 Å². The molecule has 2 nitrogen and oxygen atoms in total. The number of halogens is 1. The quantitative estimate of drug-likeness (QED) is 0.758. The molecule has 0 atom stereocenters. The van der Waals surface area contributed by atoms with E-state index in [1.54, 1.807) is 11.8 Å². The fraction of sp³-hybridized carbons (Fsp3) is 0.533. The molecule has 112 valence electrons. The van der Waals surface area contributed by atoms with E-state index in [4.69, 9.17) is 11.6 Å². The standard InChI is InChI=1S/C15H22ClNOS2/c1-15(2,3)20-9-8-17-14(18)11-19-10-12-6-4-5-7-13(12)16/h4-7H,8-11H2,1-3H3,(H,17,18). The van der Waals surface area contributed by atoms with Crippen LogP contribution < -0.4 is 5.32 Å². The van der Waals surface area contributed by atoms with Gasteiger partial charge in [0, 0.05) is 27.8 Å². The number of rotatable bonds is 7. The van der Waals surface area contributed by atoms with Gasteiger partial charge >= 0.3 is 0 Å². The highest BCUT2D eigenvalue weighted by molar-refractivity contribution is 8.00. The van der Waals surface area contributed by atoms with Gasteiger partial charge in [0.15, 0.2) is 0 Å². The van der Waals surface area contributed by atoms with E-state index in [1.165, 1.54) is 0 Å². The van der Waals surface area contributed by atoms with Crippen molar-refractivity contribution in [3.05, 3.63) is 34.9 Å². The maximum absolute atomic E-state index is 11.7. The van der Waals surface area contributed by atoms with Crippen LogP contribution in [0.5, 0.6) is 0 Å². The fourth-order valence-corrected chi connectivity index (χ4v) is 3.43. The fourth-order valence-electron chi connectivity index (χ4n) is 1.47. The number of amides is 1. The van der Waals surface area contributed by atoms with Gasteiger partial charge in [-0.25, -0.2) is 0 Å². The Bertz CT molecular complexity index is 432. The van der Waals surface area contributed by atoms with Crippen LogP contribution >= 0.6 is 35.1 Å². The molecule has 0 spiro atoms. The minimum absolute atomic E-state index is 0.0940. The predicted octanol–water partition coefficient (Wildman–Crippen LogP) is 4.22. The molecule has 1 aromatic carbocycles. The van der Waals surface area contributed by atoms with Crippen molar-refractivity contribution >= 4 is 41.0 Å². The van der Waals surface area contributed by atoms with Gasteiger partial charge in [-0.3, -0.25) is 4.79 Å². The lowest BCUT2D eigenvalue weighted by Gasteiger charge is -2.17. The first kappa shape index (κ1) is 17.7. The topological polar surface area (TPSA) is 29.1 Å². The molecule has 20 heavy (non-hydrogen) atoms. The summed E-state index contributed by atoms with van der Waals surface area (Å²) in [6.45, 7) is 7.27. The van der Waals surface area contributed by atoms with E-state index < -0.39 is 0 Å². The number of nitrogens with one attached hydrogen (secondary N) is 1. The van der Waals surface area contributed by atoms with Gasteiger partial charge in [-0.2, -0.15) is 11.8 Å². The number of carbonyl (C=O) groups excluding carboxylic acids is 1. The Hall–Kier alpha value is -0.320. The average molecular weight is 332 g/mol. The van der Waals surface area contributed by atoms with E-state index >= 15 is 0 Å². The summed E-state index contributed by atoms with van der Waals surface area (Å²) in [5.41, 5.74) is 1.08. The Kier molecular flexibility index (Phi) is 7.85. The zero-order chi connectivity index (χ0) is 15.0. The van der Waals surface area contributed by atoms with E-state index in [9.17, 15) is 4.79 Å². The van der Waals surface area contributed by atoms with Gasteiger partial charge in [-0.05, 0) is 11.6 Å². The maximum Gasteiger partial charge on any atom is 0.230 e. The molecule has 0 radical (unpaired) electrons. The summed E-state index contributed by atoms with van der Waals surface area (Å²) >= 11 is 9.52. The molecule has 1 N–H and O–H groups in total. The number of thioether (sulfide) groups is 2. The molecule has 0 aliphatic carbocycles. The van der Waals surface area contributed by atoms with Crippen LogP contribution in [0.1, 0.15) is 26.3 Å². The number of benzene rings is 1. The van der Waals surface area contributed by atoms with Crippen LogP contribution in [-0.2, 0) is 10.5 Å². The van der Waals surface area contributed by atoms with Crippen LogP contribution in [0.2, 0.25) is 5.02 Å². The van der Waals surface area contributed by atoms with E-state index in [2.05, 4.69) is 26.1 Å². The van der Waals surface area contributed by atoms with Crippen LogP contribution in [0.15, 0.2) is 24.3 Å². The van der Waals surface area contributed by atoms with Crippen molar-refractivity contribution in [3.8, 4) is 0 Å². The first-order valence-electron chi connectivity index (χ1n) is 6.60. The molecule has 5 heteroatoms. The van der Waals surface area contributed by atoms with Gasteiger partial charge < -0.3 is 5.32 Å². The van der Waals surface area contributed by atoms with E-state index in [-0.39, 0.29) is 10.7 Å². The lowest BCUT2D eigenvalue weighted by atomic mass is 10.2. The van der Waals surface area contributed by atoms with Crippen molar-refractivity contribution in [3.63, 3.8) is 0 Å². The van der Waals surface area contributed by atoms with Crippen molar-refractivity contribution in [2.75, 3.05) is 18.1 Å². The molecule has 0 aromatic heterocycles. The smallest absolute Gasteiger partial charge is 0.230 e. The van der Waals surface area contributed by atoms with Gasteiger partial charge in [0.2, 0.25) is 5.91 Å². The minimum atomic E-state index is 0.0940. The highest BCUT2D eigenvalue weighted by Gasteiger charge is 2.10. The van der Waals surface area contributed by atoms with Gasteiger partial charge in [0.1, 0.15) is 0 Å². The summed E-state index contributed by atoms with van der Waals surface area (Å²) in [7, 11) is 0. The molecule has 0 fully saturated rings. The SMILES string of the molecule is CC(C)(C)SCCNC(=O)CSCc1ccccc1Cl. The third kappa shape index (κ3) is 8.08. The molecular formula is C15H22ClNOS2. The summed E-state index contributed by atoms with van der Waals surface area (Å²) in [6, 6.07) is 7.75. The largest absolute Gasteiger partial charge is 0.355 e. The Morgan fingerprint density at radius 1 is 1.30 bits per heavy atom. The predicted molar refractivity (Wildman–Crippen MR) is 92.8 cm³/mol. The molecular weight excluding hydrogens is 310 g/mol. The summed E-state index contributed by atoms with van der Waals surface area (Å²) in [6.07, 6.45) is 0. The highest BCUT2D eigenvalue weighted by Crippen LogP contribution is 2.22. The third-order valence-corrected chi connectivity index (χ3v) is 5.03. The summed E-state index contributed by atoms with van der Waals surface area (Å²) in [4.78, 5) is 11.7. The number of hydrogen-bond acceptors (Lipinski definition) is 3. The molecule has 0 saturated heterocycles. The van der Waals surface area contributed by atoms with Crippen molar-refractivity contribution in [1.29, 1.82) is 0 Å². The average Bonchev–Trinajstić information content (AvgIpc) is 2.36. The van der Waals surface area contributed by atoms with Crippen molar-refractivity contribution in [1.82, 2.24) is 5.32 Å². The second-order valence-corrected chi connectivity index (χ2v) is 8.71.